The summed E-state index contributed by atoms with van der Waals surface area (Å²) in [7, 11) is 0. The lowest BCUT2D eigenvalue weighted by molar-refractivity contribution is 0.318. The number of nitrogens with two attached hydrogens (primary N) is 1. The maximum Gasteiger partial charge on any atom is 0.170 e. The molecular formula is C15H19ClN4O. The minimum absolute atomic E-state index is 0.0463. The van der Waals surface area contributed by atoms with E-state index in [0.717, 1.165) is 24.1 Å². The third kappa shape index (κ3) is 3.36. The Bertz CT molecular complexity index is 664. The quantitative estimate of drug-likeness (QED) is 0.386. The van der Waals surface area contributed by atoms with Crippen LogP contribution in [-0.2, 0) is 19.4 Å². The minimum Gasteiger partial charge on any atom is -0.409 e. The Balaban J connectivity index is 2.30. The number of aromatic nitrogens is 2. The van der Waals surface area contributed by atoms with Crippen LogP contribution in [0.1, 0.15) is 36.4 Å². The Hall–Kier alpha value is -2.01. The summed E-state index contributed by atoms with van der Waals surface area (Å²) in [6, 6.07) is 7.48. The van der Waals surface area contributed by atoms with Gasteiger partial charge >= 0.3 is 0 Å². The number of amidine groups is 1. The van der Waals surface area contributed by atoms with E-state index < -0.39 is 0 Å². The summed E-state index contributed by atoms with van der Waals surface area (Å²) in [6.07, 6.45) is 1.84. The Morgan fingerprint density at radius 3 is 2.67 bits per heavy atom. The van der Waals surface area contributed by atoms with Gasteiger partial charge in [-0.2, -0.15) is 5.10 Å². The van der Waals surface area contributed by atoms with Gasteiger partial charge in [0.25, 0.3) is 0 Å². The van der Waals surface area contributed by atoms with Crippen LogP contribution >= 0.6 is 11.6 Å². The second-order valence-electron chi connectivity index (χ2n) is 4.78. The van der Waals surface area contributed by atoms with Crippen molar-refractivity contribution in [2.45, 2.75) is 33.2 Å². The Labute approximate surface area is 129 Å². The molecule has 0 unspecified atom stereocenters. The molecule has 1 aromatic heterocycles. The summed E-state index contributed by atoms with van der Waals surface area (Å²) in [5.41, 5.74) is 9.36. The molecule has 112 valence electrons. The molecule has 0 bridgehead atoms. The number of oxime groups is 1. The topological polar surface area (TPSA) is 76.4 Å². The molecule has 1 aromatic carbocycles. The fraction of sp³-hybridized carbons (Fsp3) is 0.333. The van der Waals surface area contributed by atoms with Gasteiger partial charge in [0.2, 0.25) is 0 Å². The van der Waals surface area contributed by atoms with Crippen molar-refractivity contribution in [3.8, 4) is 0 Å². The molecule has 3 N–H and O–H groups in total. The average Bonchev–Trinajstić information content (AvgIpc) is 2.90. The van der Waals surface area contributed by atoms with Crippen molar-refractivity contribution in [3.05, 3.63) is 51.8 Å². The molecule has 0 saturated heterocycles. The molecule has 0 fully saturated rings. The highest BCUT2D eigenvalue weighted by molar-refractivity contribution is 6.31. The third-order valence-corrected chi connectivity index (χ3v) is 3.77. The highest BCUT2D eigenvalue weighted by Gasteiger charge is 2.09. The molecular weight excluding hydrogens is 288 g/mol. The van der Waals surface area contributed by atoms with Gasteiger partial charge in [-0.15, -0.1) is 0 Å². The van der Waals surface area contributed by atoms with Crippen LogP contribution < -0.4 is 5.73 Å². The van der Waals surface area contributed by atoms with Gasteiger partial charge in [-0.25, -0.2) is 0 Å². The predicted octanol–water partition coefficient (Wildman–Crippen LogP) is 2.80. The lowest BCUT2D eigenvalue weighted by Gasteiger charge is -2.09. The molecule has 6 heteroatoms. The van der Waals surface area contributed by atoms with Crippen LogP contribution in [0.4, 0.5) is 0 Å². The van der Waals surface area contributed by atoms with E-state index in [1.807, 2.05) is 10.7 Å². The van der Waals surface area contributed by atoms with Gasteiger partial charge in [-0.05, 0) is 30.5 Å². The Morgan fingerprint density at radius 1 is 1.33 bits per heavy atom. The number of hydrogen-bond donors (Lipinski definition) is 2. The minimum atomic E-state index is 0.0463. The van der Waals surface area contributed by atoms with Gasteiger partial charge in [0, 0.05) is 16.3 Å². The van der Waals surface area contributed by atoms with Crippen molar-refractivity contribution in [1.29, 1.82) is 0 Å². The van der Waals surface area contributed by atoms with Crippen molar-refractivity contribution in [2.75, 3.05) is 0 Å². The molecule has 0 aliphatic heterocycles. The normalized spacial score (nSPS) is 11.9. The highest BCUT2D eigenvalue weighted by Crippen LogP contribution is 2.20. The molecule has 0 amide bonds. The number of benzene rings is 1. The standard InChI is InChI=1S/C15H19ClN4O/c1-3-12-8-13(4-2)20(18-12)9-11-6-5-10(7-14(11)16)15(17)19-21/h5-8,21H,3-4,9H2,1-2H3,(H2,17,19). The molecule has 1 heterocycles. The summed E-state index contributed by atoms with van der Waals surface area (Å²) >= 11 is 6.28. The lowest BCUT2D eigenvalue weighted by atomic mass is 10.1. The fourth-order valence-corrected chi connectivity index (χ4v) is 2.40. The van der Waals surface area contributed by atoms with Crippen LogP contribution in [0.3, 0.4) is 0 Å². The van der Waals surface area contributed by atoms with Gasteiger partial charge in [0.1, 0.15) is 0 Å². The second kappa shape index (κ2) is 6.63. The fourth-order valence-electron chi connectivity index (χ4n) is 2.16. The van der Waals surface area contributed by atoms with Crippen LogP contribution in [0.2, 0.25) is 5.02 Å². The second-order valence-corrected chi connectivity index (χ2v) is 5.19. The first-order chi connectivity index (χ1) is 10.1. The molecule has 21 heavy (non-hydrogen) atoms. The summed E-state index contributed by atoms with van der Waals surface area (Å²) in [5.74, 6) is 0.0463. The number of nitrogens with zero attached hydrogens (tertiary/aromatic N) is 3. The molecule has 0 atom stereocenters. The van der Waals surface area contributed by atoms with Crippen LogP contribution in [0, 0.1) is 0 Å². The number of aryl methyl sites for hydroxylation is 2. The van der Waals surface area contributed by atoms with Crippen molar-refractivity contribution >= 4 is 17.4 Å². The monoisotopic (exact) mass is 306 g/mol. The number of halogens is 1. The van der Waals surface area contributed by atoms with E-state index in [1.165, 1.54) is 5.69 Å². The molecule has 2 rings (SSSR count). The zero-order valence-corrected chi connectivity index (χ0v) is 12.9. The molecule has 2 aromatic rings. The summed E-state index contributed by atoms with van der Waals surface area (Å²) in [5, 5.41) is 16.8. The van der Waals surface area contributed by atoms with E-state index in [-0.39, 0.29) is 5.84 Å². The van der Waals surface area contributed by atoms with Gasteiger partial charge in [-0.1, -0.05) is 42.7 Å². The first-order valence-electron chi connectivity index (χ1n) is 6.90. The van der Waals surface area contributed by atoms with Crippen molar-refractivity contribution in [2.24, 2.45) is 10.9 Å². The first-order valence-corrected chi connectivity index (χ1v) is 7.28. The van der Waals surface area contributed by atoms with E-state index in [9.17, 15) is 0 Å². The molecule has 0 spiro atoms. The first kappa shape index (κ1) is 15.4. The van der Waals surface area contributed by atoms with Gasteiger partial charge in [0.05, 0.1) is 12.2 Å². The van der Waals surface area contributed by atoms with Crippen LogP contribution in [-0.4, -0.2) is 20.8 Å². The van der Waals surface area contributed by atoms with Crippen LogP contribution in [0.25, 0.3) is 0 Å². The SMILES string of the molecule is CCc1cc(CC)n(Cc2ccc(/C(N)=N/O)cc2Cl)n1. The summed E-state index contributed by atoms with van der Waals surface area (Å²) in [6.45, 7) is 4.80. The van der Waals surface area contributed by atoms with E-state index in [0.29, 0.717) is 17.1 Å². The largest absolute Gasteiger partial charge is 0.409 e. The number of rotatable bonds is 5. The molecule has 0 aliphatic rings. The predicted molar refractivity (Wildman–Crippen MR) is 84.0 cm³/mol. The molecule has 0 radical (unpaired) electrons. The van der Waals surface area contributed by atoms with Crippen LogP contribution in [0.15, 0.2) is 29.4 Å². The maximum atomic E-state index is 8.69. The van der Waals surface area contributed by atoms with Crippen molar-refractivity contribution in [1.82, 2.24) is 9.78 Å². The summed E-state index contributed by atoms with van der Waals surface area (Å²) in [4.78, 5) is 0. The highest BCUT2D eigenvalue weighted by atomic mass is 35.5. The van der Waals surface area contributed by atoms with Gasteiger partial charge < -0.3 is 10.9 Å². The zero-order chi connectivity index (χ0) is 15.4. The maximum absolute atomic E-state index is 8.69. The number of hydrogen-bond acceptors (Lipinski definition) is 3. The smallest absolute Gasteiger partial charge is 0.170 e. The lowest BCUT2D eigenvalue weighted by Crippen LogP contribution is -2.13. The van der Waals surface area contributed by atoms with Gasteiger partial charge in [0.15, 0.2) is 5.84 Å². The summed E-state index contributed by atoms with van der Waals surface area (Å²) < 4.78 is 1.98. The van der Waals surface area contributed by atoms with E-state index in [1.54, 1.807) is 12.1 Å². The van der Waals surface area contributed by atoms with Crippen LogP contribution in [0.5, 0.6) is 0 Å². The third-order valence-electron chi connectivity index (χ3n) is 3.42. The Kier molecular flexibility index (Phi) is 4.85. The van der Waals surface area contributed by atoms with Crippen molar-refractivity contribution in [3.63, 3.8) is 0 Å². The van der Waals surface area contributed by atoms with Crippen molar-refractivity contribution < 1.29 is 5.21 Å². The Morgan fingerprint density at radius 2 is 2.10 bits per heavy atom. The van der Waals surface area contributed by atoms with E-state index in [2.05, 4.69) is 30.2 Å². The van der Waals surface area contributed by atoms with E-state index >= 15 is 0 Å². The molecule has 0 saturated carbocycles. The molecule has 5 nitrogen and oxygen atoms in total. The van der Waals surface area contributed by atoms with Gasteiger partial charge in [-0.3, -0.25) is 4.68 Å². The average molecular weight is 307 g/mol. The molecule has 0 aliphatic carbocycles. The zero-order valence-electron chi connectivity index (χ0n) is 12.2. The van der Waals surface area contributed by atoms with E-state index in [4.69, 9.17) is 22.5 Å².